The fourth-order valence-electron chi connectivity index (χ4n) is 1.40. The number of benzene rings is 1. The lowest BCUT2D eigenvalue weighted by atomic mass is 9.85. The van der Waals surface area contributed by atoms with Gasteiger partial charge in [0.25, 0.3) is 0 Å². The lowest BCUT2D eigenvalue weighted by Gasteiger charge is -2.25. The van der Waals surface area contributed by atoms with Crippen molar-refractivity contribution in [1.29, 1.82) is 0 Å². The molecular weight excluding hydrogens is 170 g/mol. The normalized spacial score (nSPS) is 10.2. The van der Waals surface area contributed by atoms with Crippen LogP contribution >= 0.6 is 0 Å². The minimum Gasteiger partial charge on any atom is -0.320 e. The molecule has 1 heteroatoms. The van der Waals surface area contributed by atoms with Gasteiger partial charge < -0.3 is 5.73 Å². The highest BCUT2D eigenvalue weighted by Crippen LogP contribution is 2.24. The van der Waals surface area contributed by atoms with Crippen LogP contribution in [0.5, 0.6) is 0 Å². The van der Waals surface area contributed by atoms with Crippen LogP contribution in [-0.2, 0) is 5.54 Å². The van der Waals surface area contributed by atoms with E-state index in [1.807, 2.05) is 30.3 Å². The van der Waals surface area contributed by atoms with E-state index in [1.165, 1.54) is 0 Å². The molecule has 2 N–H and O–H groups in total. The first-order chi connectivity index (χ1) is 6.73. The summed E-state index contributed by atoms with van der Waals surface area (Å²) in [6.07, 6.45) is 11.5. The van der Waals surface area contributed by atoms with Crippen LogP contribution in [0.25, 0.3) is 0 Å². The Kier molecular flexibility index (Phi) is 3.35. The van der Waals surface area contributed by atoms with Crippen molar-refractivity contribution in [3.05, 3.63) is 35.9 Å². The van der Waals surface area contributed by atoms with E-state index in [2.05, 4.69) is 11.8 Å². The molecule has 1 aromatic rings. The molecule has 0 unspecified atom stereocenters. The second-order valence-electron chi connectivity index (χ2n) is 3.28. The van der Waals surface area contributed by atoms with Crippen LogP contribution < -0.4 is 5.73 Å². The Labute approximate surface area is 85.3 Å². The first-order valence-electron chi connectivity index (χ1n) is 4.44. The minimum absolute atomic E-state index is 0.460. The third-order valence-electron chi connectivity index (χ3n) is 2.18. The van der Waals surface area contributed by atoms with Crippen LogP contribution in [0.2, 0.25) is 0 Å². The topological polar surface area (TPSA) is 26.0 Å². The first-order valence-corrected chi connectivity index (χ1v) is 4.44. The van der Waals surface area contributed by atoms with Crippen molar-refractivity contribution in [1.82, 2.24) is 0 Å². The smallest absolute Gasteiger partial charge is 0.0630 e. The number of terminal acetylenes is 2. The third kappa shape index (κ3) is 2.16. The Morgan fingerprint density at radius 1 is 1.07 bits per heavy atom. The molecule has 0 aliphatic heterocycles. The van der Waals surface area contributed by atoms with Gasteiger partial charge in [-0.05, 0) is 5.56 Å². The maximum atomic E-state index is 6.16. The van der Waals surface area contributed by atoms with E-state index in [-0.39, 0.29) is 0 Å². The fourth-order valence-corrected chi connectivity index (χ4v) is 1.40. The van der Waals surface area contributed by atoms with Crippen LogP contribution in [0, 0.1) is 24.7 Å². The summed E-state index contributed by atoms with van der Waals surface area (Å²) in [5, 5.41) is 0. The highest BCUT2D eigenvalue weighted by molar-refractivity contribution is 5.27. The molecule has 0 bridgehead atoms. The van der Waals surface area contributed by atoms with E-state index in [1.54, 1.807) is 0 Å². The summed E-state index contributed by atoms with van der Waals surface area (Å²) in [5.41, 5.74) is 6.57. The van der Waals surface area contributed by atoms with E-state index in [0.29, 0.717) is 12.8 Å². The second-order valence-corrected chi connectivity index (χ2v) is 3.28. The molecular formula is C13H13N. The molecule has 1 aromatic carbocycles. The Bertz CT molecular complexity index is 348. The van der Waals surface area contributed by atoms with Gasteiger partial charge >= 0.3 is 0 Å². The second kappa shape index (κ2) is 4.51. The lowest BCUT2D eigenvalue weighted by Crippen LogP contribution is -2.35. The summed E-state index contributed by atoms with van der Waals surface area (Å²) in [7, 11) is 0. The van der Waals surface area contributed by atoms with E-state index >= 15 is 0 Å². The van der Waals surface area contributed by atoms with Gasteiger partial charge in [-0.1, -0.05) is 30.3 Å². The Morgan fingerprint density at radius 3 is 2.00 bits per heavy atom. The standard InChI is InChI=1S/C13H13N/c1-3-10-13(14,11-4-2)12-8-6-5-7-9-12/h1-2,5-9H,10-11,14H2. The van der Waals surface area contributed by atoms with E-state index in [4.69, 9.17) is 18.6 Å². The summed E-state index contributed by atoms with van der Waals surface area (Å²) in [6.45, 7) is 0. The number of hydrogen-bond acceptors (Lipinski definition) is 1. The molecule has 0 aromatic heterocycles. The summed E-state index contributed by atoms with van der Waals surface area (Å²) in [6, 6.07) is 9.72. The van der Waals surface area contributed by atoms with Gasteiger partial charge in [-0.2, -0.15) is 0 Å². The predicted molar refractivity (Wildman–Crippen MR) is 59.2 cm³/mol. The van der Waals surface area contributed by atoms with Crippen molar-refractivity contribution in [2.24, 2.45) is 5.73 Å². The van der Waals surface area contributed by atoms with Crippen molar-refractivity contribution in [2.45, 2.75) is 18.4 Å². The Hall–Kier alpha value is -1.70. The van der Waals surface area contributed by atoms with Crippen molar-refractivity contribution >= 4 is 0 Å². The van der Waals surface area contributed by atoms with Crippen LogP contribution in [-0.4, -0.2) is 0 Å². The molecule has 0 atom stereocenters. The highest BCUT2D eigenvalue weighted by Gasteiger charge is 2.24. The monoisotopic (exact) mass is 183 g/mol. The summed E-state index contributed by atoms with van der Waals surface area (Å²) in [5.74, 6) is 5.14. The molecule has 0 heterocycles. The Morgan fingerprint density at radius 2 is 1.57 bits per heavy atom. The molecule has 0 aliphatic rings. The number of nitrogens with two attached hydrogens (primary N) is 1. The van der Waals surface area contributed by atoms with Gasteiger partial charge in [0.05, 0.1) is 5.54 Å². The highest BCUT2D eigenvalue weighted by atomic mass is 14.7. The van der Waals surface area contributed by atoms with Gasteiger partial charge in [-0.3, -0.25) is 0 Å². The molecule has 1 nitrogen and oxygen atoms in total. The van der Waals surface area contributed by atoms with Gasteiger partial charge in [-0.15, -0.1) is 24.7 Å². The number of rotatable bonds is 3. The zero-order valence-electron chi connectivity index (χ0n) is 8.03. The average Bonchev–Trinajstić information content (AvgIpc) is 2.20. The van der Waals surface area contributed by atoms with Crippen molar-refractivity contribution in [3.63, 3.8) is 0 Å². The van der Waals surface area contributed by atoms with E-state index in [0.717, 1.165) is 5.56 Å². The molecule has 14 heavy (non-hydrogen) atoms. The molecule has 0 spiro atoms. The van der Waals surface area contributed by atoms with E-state index in [9.17, 15) is 0 Å². The lowest BCUT2D eigenvalue weighted by molar-refractivity contribution is 0.470. The quantitative estimate of drug-likeness (QED) is 0.711. The molecule has 0 amide bonds. The molecule has 0 fully saturated rings. The van der Waals surface area contributed by atoms with Gasteiger partial charge in [-0.25, -0.2) is 0 Å². The summed E-state index contributed by atoms with van der Waals surface area (Å²) in [4.78, 5) is 0. The zero-order chi connectivity index (χ0) is 10.4. The molecule has 0 saturated heterocycles. The molecule has 0 saturated carbocycles. The van der Waals surface area contributed by atoms with Crippen LogP contribution in [0.3, 0.4) is 0 Å². The maximum Gasteiger partial charge on any atom is 0.0630 e. The fraction of sp³-hybridized carbons (Fsp3) is 0.231. The summed E-state index contributed by atoms with van der Waals surface area (Å²) < 4.78 is 0. The molecule has 70 valence electrons. The van der Waals surface area contributed by atoms with Crippen molar-refractivity contribution < 1.29 is 0 Å². The van der Waals surface area contributed by atoms with Crippen molar-refractivity contribution in [2.75, 3.05) is 0 Å². The maximum absolute atomic E-state index is 6.16. The summed E-state index contributed by atoms with van der Waals surface area (Å²) >= 11 is 0. The van der Waals surface area contributed by atoms with Gasteiger partial charge in [0.15, 0.2) is 0 Å². The van der Waals surface area contributed by atoms with Gasteiger partial charge in [0.2, 0.25) is 0 Å². The zero-order valence-corrected chi connectivity index (χ0v) is 8.03. The van der Waals surface area contributed by atoms with Crippen molar-refractivity contribution in [3.8, 4) is 24.7 Å². The molecule has 0 aliphatic carbocycles. The largest absolute Gasteiger partial charge is 0.320 e. The Balaban J connectivity index is 3.02. The SMILES string of the molecule is C#CCC(N)(CC#C)c1ccccc1. The van der Waals surface area contributed by atoms with Gasteiger partial charge in [0.1, 0.15) is 0 Å². The average molecular weight is 183 g/mol. The first kappa shape index (κ1) is 10.4. The third-order valence-corrected chi connectivity index (χ3v) is 2.18. The number of hydrogen-bond donors (Lipinski definition) is 1. The van der Waals surface area contributed by atoms with Gasteiger partial charge in [0, 0.05) is 12.8 Å². The minimum atomic E-state index is -0.579. The predicted octanol–water partition coefficient (Wildman–Crippen LogP) is 1.89. The van der Waals surface area contributed by atoms with E-state index < -0.39 is 5.54 Å². The van der Waals surface area contributed by atoms with Crippen LogP contribution in [0.15, 0.2) is 30.3 Å². The van der Waals surface area contributed by atoms with Crippen LogP contribution in [0.1, 0.15) is 18.4 Å². The van der Waals surface area contributed by atoms with Crippen LogP contribution in [0.4, 0.5) is 0 Å². The molecule has 1 rings (SSSR count). The molecule has 0 radical (unpaired) electrons.